The number of esters is 4. The molecule has 0 aromatic heterocycles. The van der Waals surface area contributed by atoms with E-state index in [4.69, 9.17) is 82.2 Å². The molecule has 74 heavy (non-hydrogen) atoms. The van der Waals surface area contributed by atoms with Gasteiger partial charge in [0.15, 0.2) is 18.5 Å². The van der Waals surface area contributed by atoms with Crippen molar-refractivity contribution < 1.29 is 71.3 Å². The summed E-state index contributed by atoms with van der Waals surface area (Å²) in [6, 6.07) is 14.7. The van der Waals surface area contributed by atoms with Crippen molar-refractivity contribution in [3.05, 3.63) is 94.4 Å². The van der Waals surface area contributed by atoms with Gasteiger partial charge in [0.1, 0.15) is 55.4 Å². The second-order valence-electron chi connectivity index (χ2n) is 19.6. The van der Waals surface area contributed by atoms with Crippen molar-refractivity contribution in [2.45, 2.75) is 183 Å². The van der Waals surface area contributed by atoms with E-state index in [1.54, 1.807) is 96.1 Å². The van der Waals surface area contributed by atoms with Gasteiger partial charge < -0.3 is 47.4 Å². The van der Waals surface area contributed by atoms with Gasteiger partial charge >= 0.3 is 30.0 Å². The minimum absolute atomic E-state index is 0.0593. The molecular weight excluding hydrogens is 1020 g/mol. The number of nitrogens with zero attached hydrogens (tertiary/aromatic N) is 3. The number of carbonyl (C=O) groups is 5. The number of alkyl halides is 3. The molecule has 0 spiro atoms. The number of hydrogen-bond donors (Lipinski definition) is 0. The molecule has 0 saturated carbocycles. The highest BCUT2D eigenvalue weighted by molar-refractivity contribution is 6.67. The summed E-state index contributed by atoms with van der Waals surface area (Å²) < 4.78 is 56.3. The van der Waals surface area contributed by atoms with Gasteiger partial charge in [0.25, 0.3) is 0 Å². The van der Waals surface area contributed by atoms with Gasteiger partial charge in [-0.2, -0.15) is 0 Å². The maximum Gasteiger partial charge on any atom is 0.509 e. The lowest BCUT2D eigenvalue weighted by molar-refractivity contribution is -0.310. The minimum atomic E-state index is -2.08. The normalized spacial score (nSPS) is 18.9. The average molecular weight is 1100 g/mol. The highest BCUT2D eigenvalue weighted by Crippen LogP contribution is 2.32. The molecule has 2 aromatic rings. The first kappa shape index (κ1) is 63.6. The van der Waals surface area contributed by atoms with Gasteiger partial charge in [-0.3, -0.25) is 0 Å². The second kappa shape index (κ2) is 33.4. The van der Waals surface area contributed by atoms with Gasteiger partial charge in [0.05, 0.1) is 24.3 Å². The molecule has 1 aliphatic heterocycles. The third kappa shape index (κ3) is 26.7. The number of benzene rings is 2. The zero-order chi connectivity index (χ0) is 54.6. The summed E-state index contributed by atoms with van der Waals surface area (Å²) in [5, 5.41) is 3.95. The van der Waals surface area contributed by atoms with Crippen LogP contribution in [0.5, 0.6) is 0 Å². The number of hydrogen-bond acceptors (Lipinski definition) is 16. The van der Waals surface area contributed by atoms with Crippen LogP contribution in [0.4, 0.5) is 4.79 Å². The highest BCUT2D eigenvalue weighted by atomic mass is 35.6. The lowest BCUT2D eigenvalue weighted by Crippen LogP contribution is -2.63. The van der Waals surface area contributed by atoms with Gasteiger partial charge in [-0.15, -0.1) is 0 Å². The van der Waals surface area contributed by atoms with Crippen molar-refractivity contribution in [1.29, 1.82) is 0 Å². The van der Waals surface area contributed by atoms with Crippen LogP contribution in [-0.4, -0.2) is 121 Å². The third-order valence-electron chi connectivity index (χ3n) is 10.7. The highest BCUT2D eigenvalue weighted by Gasteiger charge is 2.53. The first-order chi connectivity index (χ1) is 35.1. The van der Waals surface area contributed by atoms with Gasteiger partial charge in [-0.05, 0) is 90.3 Å². The van der Waals surface area contributed by atoms with Crippen molar-refractivity contribution in [3.63, 3.8) is 0 Å². The summed E-state index contributed by atoms with van der Waals surface area (Å²) >= 11 is 17.7. The van der Waals surface area contributed by atoms with Crippen molar-refractivity contribution in [2.24, 2.45) is 5.11 Å². The molecule has 7 atom stereocenters. The first-order valence-corrected chi connectivity index (χ1v) is 26.3. The van der Waals surface area contributed by atoms with Crippen molar-refractivity contribution in [1.82, 2.24) is 0 Å². The van der Waals surface area contributed by atoms with Gasteiger partial charge in [-0.1, -0.05) is 154 Å². The fraction of sp³-hybridized carbons (Fsp3) is 0.642. The van der Waals surface area contributed by atoms with E-state index in [2.05, 4.69) is 16.9 Å². The smallest absolute Gasteiger partial charge is 0.458 e. The van der Waals surface area contributed by atoms with Gasteiger partial charge in [0.2, 0.25) is 3.79 Å². The largest absolute Gasteiger partial charge is 0.509 e. The standard InChI is InChI=1S/C53H74Cl3N3O15/c1-8-9-10-11-12-13-14-15-16-17-18-19-26-31-40(69-47(62)37-27-22-20-23-28-37)39(58-59-57)32-67-49-46(72-50(64)68-36-53(54,55)56)45(71-48(63)38-29-24-21-25-30-38)44(66-35-43(61)74-52(5,6)7)41(70-49)33-65-34-42(60)73-51(2,3)4/h20-31,39-41,44-46,49H,8-19,32-36H2,1-7H3/b31-26+/t39-,40+,41+,44-,45-,46+,49-/m0/s1. The Kier molecular flexibility index (Phi) is 28.7. The number of carbonyl (C=O) groups excluding carboxylic acids is 5. The molecule has 21 heteroatoms. The number of allylic oxidation sites excluding steroid dienone is 1. The summed E-state index contributed by atoms with van der Waals surface area (Å²) in [4.78, 5) is 70.0. The number of halogens is 3. The van der Waals surface area contributed by atoms with E-state index in [0.717, 1.165) is 25.7 Å². The minimum Gasteiger partial charge on any atom is -0.458 e. The summed E-state index contributed by atoms with van der Waals surface area (Å²) in [5.41, 5.74) is 8.38. The lowest BCUT2D eigenvalue weighted by Gasteiger charge is -2.44. The Bertz CT molecular complexity index is 2080. The maximum atomic E-state index is 14.0. The predicted molar refractivity (Wildman–Crippen MR) is 278 cm³/mol. The molecule has 1 aliphatic rings. The Balaban J connectivity index is 2.04. The quantitative estimate of drug-likeness (QED) is 0.01000. The monoisotopic (exact) mass is 1100 g/mol. The van der Waals surface area contributed by atoms with E-state index in [0.29, 0.717) is 6.42 Å². The van der Waals surface area contributed by atoms with E-state index >= 15 is 0 Å². The van der Waals surface area contributed by atoms with Crippen LogP contribution in [0.1, 0.15) is 146 Å². The molecule has 1 fully saturated rings. The number of rotatable bonds is 31. The number of ether oxygens (including phenoxy) is 10. The topological polar surface area (TPSA) is 226 Å². The predicted octanol–water partition coefficient (Wildman–Crippen LogP) is 12.1. The van der Waals surface area contributed by atoms with E-state index in [1.165, 1.54) is 57.1 Å². The Labute approximate surface area is 450 Å². The molecule has 0 unspecified atom stereocenters. The van der Waals surface area contributed by atoms with Crippen LogP contribution in [0.15, 0.2) is 77.9 Å². The van der Waals surface area contributed by atoms with Crippen LogP contribution < -0.4 is 0 Å². The Hall–Kier alpha value is -4.65. The SMILES string of the molecule is CCCCCCCCCCCCC/C=C/[C@@H](OC(=O)c1ccccc1)[C@H](CO[C@H]1O[C@H](COCC(=O)OC(C)(C)C)[C@H](OCC(=O)OC(C)(C)C)[C@H](OC(=O)c2ccccc2)[C@H]1OC(=O)OCC(Cl)(Cl)Cl)N=[N+]=[N-]. The van der Waals surface area contributed by atoms with E-state index in [1.807, 2.05) is 6.08 Å². The fourth-order valence-electron chi connectivity index (χ4n) is 7.45. The molecular formula is C53H74Cl3N3O15. The lowest BCUT2D eigenvalue weighted by atomic mass is 9.98. The molecule has 0 N–H and O–H groups in total. The fourth-order valence-corrected chi connectivity index (χ4v) is 7.61. The van der Waals surface area contributed by atoms with Gasteiger partial charge in [-0.25, -0.2) is 24.0 Å². The zero-order valence-corrected chi connectivity index (χ0v) is 45.9. The average Bonchev–Trinajstić information content (AvgIpc) is 3.33. The maximum absolute atomic E-state index is 14.0. The Morgan fingerprint density at radius 1 is 0.703 bits per heavy atom. The molecule has 2 aromatic carbocycles. The molecule has 0 radical (unpaired) electrons. The second-order valence-corrected chi connectivity index (χ2v) is 22.1. The molecule has 1 saturated heterocycles. The zero-order valence-electron chi connectivity index (χ0n) is 43.6. The summed E-state index contributed by atoms with van der Waals surface area (Å²) in [7, 11) is 0. The van der Waals surface area contributed by atoms with Crippen LogP contribution in [0.3, 0.4) is 0 Å². The van der Waals surface area contributed by atoms with Crippen molar-refractivity contribution in [3.8, 4) is 0 Å². The van der Waals surface area contributed by atoms with E-state index < -0.39 is 121 Å². The third-order valence-corrected chi connectivity index (χ3v) is 11.1. The van der Waals surface area contributed by atoms with Crippen LogP contribution in [-0.2, 0) is 57.0 Å². The summed E-state index contributed by atoms with van der Waals surface area (Å²) in [6.45, 7) is 8.97. The van der Waals surface area contributed by atoms with Gasteiger partial charge in [0, 0.05) is 4.91 Å². The Morgan fingerprint density at radius 2 is 1.24 bits per heavy atom. The van der Waals surface area contributed by atoms with Crippen LogP contribution in [0.25, 0.3) is 10.4 Å². The first-order valence-electron chi connectivity index (χ1n) is 25.1. The Morgan fingerprint density at radius 3 is 1.78 bits per heavy atom. The van der Waals surface area contributed by atoms with E-state index in [9.17, 15) is 29.5 Å². The molecule has 18 nitrogen and oxygen atoms in total. The summed E-state index contributed by atoms with van der Waals surface area (Å²) in [6.07, 6.45) is 5.90. The van der Waals surface area contributed by atoms with Crippen molar-refractivity contribution >= 4 is 64.8 Å². The molecule has 0 bridgehead atoms. The van der Waals surface area contributed by atoms with E-state index in [-0.39, 0.29) is 11.1 Å². The number of azide groups is 1. The molecule has 0 amide bonds. The molecule has 0 aliphatic carbocycles. The molecule has 3 rings (SSSR count). The molecule has 412 valence electrons. The molecule has 1 heterocycles. The summed E-state index contributed by atoms with van der Waals surface area (Å²) in [5.74, 6) is -3.23. The number of unbranched alkanes of at least 4 members (excludes halogenated alkanes) is 11. The van der Waals surface area contributed by atoms with Crippen LogP contribution >= 0.6 is 34.8 Å². The van der Waals surface area contributed by atoms with Crippen molar-refractivity contribution in [2.75, 3.05) is 33.0 Å². The van der Waals surface area contributed by atoms with Crippen LogP contribution in [0, 0.1) is 0 Å². The van der Waals surface area contributed by atoms with Crippen LogP contribution in [0.2, 0.25) is 0 Å².